The molecular weight excluding hydrogens is 306 g/mol. The minimum absolute atomic E-state index is 0.0490. The van der Waals surface area contributed by atoms with Crippen LogP contribution in [0.4, 0.5) is 0 Å². The van der Waals surface area contributed by atoms with E-state index in [1.54, 1.807) is 32.4 Å². The average Bonchev–Trinajstić information content (AvgIpc) is 2.97. The Morgan fingerprint density at radius 2 is 2.18 bits per heavy atom. The predicted octanol–water partition coefficient (Wildman–Crippen LogP) is 2.37. The van der Waals surface area contributed by atoms with Crippen LogP contribution < -0.4 is 4.74 Å². The second kappa shape index (κ2) is 6.44. The van der Waals surface area contributed by atoms with E-state index in [2.05, 4.69) is 0 Å². The van der Waals surface area contributed by atoms with Crippen LogP contribution in [0.15, 0.2) is 18.2 Å². The molecule has 0 spiro atoms. The molecule has 1 heterocycles. The fraction of sp³-hybridized carbons (Fsp3) is 0.562. The van der Waals surface area contributed by atoms with Gasteiger partial charge in [0.25, 0.3) is 5.91 Å². The van der Waals surface area contributed by atoms with Crippen molar-refractivity contribution >= 4 is 17.5 Å². The number of halogens is 1. The fourth-order valence-electron chi connectivity index (χ4n) is 3.37. The Labute approximate surface area is 135 Å². The normalized spacial score (nSPS) is 27.6. The number of hydrogen-bond acceptors (Lipinski definition) is 4. The molecule has 1 aromatic rings. The van der Waals surface area contributed by atoms with Gasteiger partial charge in [-0.05, 0) is 31.0 Å². The Kier molecular flexibility index (Phi) is 4.57. The molecule has 2 fully saturated rings. The number of amides is 1. The van der Waals surface area contributed by atoms with Crippen LogP contribution in [0.3, 0.4) is 0 Å². The van der Waals surface area contributed by atoms with Crippen LogP contribution in [0.1, 0.15) is 23.2 Å². The molecule has 0 unspecified atom stereocenters. The maximum Gasteiger partial charge on any atom is 0.255 e. The maximum atomic E-state index is 12.9. The van der Waals surface area contributed by atoms with Crippen LogP contribution >= 0.6 is 11.6 Å². The molecule has 1 saturated carbocycles. The smallest absolute Gasteiger partial charge is 0.255 e. The number of benzene rings is 1. The third-order valence-corrected chi connectivity index (χ3v) is 4.83. The molecule has 1 saturated heterocycles. The van der Waals surface area contributed by atoms with Crippen LogP contribution in [0.25, 0.3) is 0 Å². The number of carbonyl (C=O) groups is 1. The van der Waals surface area contributed by atoms with Crippen molar-refractivity contribution in [2.24, 2.45) is 0 Å². The quantitative estimate of drug-likeness (QED) is 0.856. The summed E-state index contributed by atoms with van der Waals surface area (Å²) in [6.07, 6.45) is 1.80. The van der Waals surface area contributed by atoms with E-state index >= 15 is 0 Å². The summed E-state index contributed by atoms with van der Waals surface area (Å²) in [7, 11) is 3.26. The molecule has 120 valence electrons. The molecule has 3 rings (SSSR count). The van der Waals surface area contributed by atoms with Gasteiger partial charge in [-0.1, -0.05) is 11.6 Å². The lowest BCUT2D eigenvalue weighted by atomic mass is 10.1. The lowest BCUT2D eigenvalue weighted by molar-refractivity contribution is -0.0946. The zero-order chi connectivity index (χ0) is 15.7. The van der Waals surface area contributed by atoms with Crippen LogP contribution in [-0.4, -0.2) is 56.4 Å². The monoisotopic (exact) mass is 325 g/mol. The van der Waals surface area contributed by atoms with E-state index < -0.39 is 0 Å². The average molecular weight is 326 g/mol. The highest BCUT2D eigenvalue weighted by Crippen LogP contribution is 2.34. The van der Waals surface area contributed by atoms with Gasteiger partial charge in [0.15, 0.2) is 0 Å². The minimum atomic E-state index is -0.0704. The number of hydrogen-bond donors (Lipinski definition) is 0. The predicted molar refractivity (Wildman–Crippen MR) is 82.6 cm³/mol. The van der Waals surface area contributed by atoms with Gasteiger partial charge in [-0.15, -0.1) is 0 Å². The van der Waals surface area contributed by atoms with E-state index in [1.165, 1.54) is 0 Å². The first-order valence-electron chi connectivity index (χ1n) is 7.44. The highest BCUT2D eigenvalue weighted by atomic mass is 35.5. The van der Waals surface area contributed by atoms with Crippen molar-refractivity contribution in [2.45, 2.75) is 31.1 Å². The van der Waals surface area contributed by atoms with Crippen LogP contribution in [0.5, 0.6) is 5.75 Å². The number of morpholine rings is 1. The molecule has 0 bridgehead atoms. The Morgan fingerprint density at radius 3 is 2.91 bits per heavy atom. The number of nitrogens with zero attached hydrogens (tertiary/aromatic N) is 1. The van der Waals surface area contributed by atoms with E-state index in [4.69, 9.17) is 25.8 Å². The van der Waals surface area contributed by atoms with E-state index in [-0.39, 0.29) is 24.2 Å². The lowest BCUT2D eigenvalue weighted by Crippen LogP contribution is -2.53. The van der Waals surface area contributed by atoms with Crippen molar-refractivity contribution in [3.63, 3.8) is 0 Å². The first-order chi connectivity index (χ1) is 10.7. The first-order valence-corrected chi connectivity index (χ1v) is 7.82. The van der Waals surface area contributed by atoms with Gasteiger partial charge in [0, 0.05) is 13.7 Å². The van der Waals surface area contributed by atoms with Gasteiger partial charge in [0.05, 0.1) is 36.4 Å². The molecule has 1 aromatic carbocycles. The summed E-state index contributed by atoms with van der Waals surface area (Å²) in [4.78, 5) is 14.8. The van der Waals surface area contributed by atoms with E-state index in [0.717, 1.165) is 12.8 Å². The molecule has 0 N–H and O–H groups in total. The lowest BCUT2D eigenvalue weighted by Gasteiger charge is -2.39. The Bertz CT molecular complexity index is 565. The van der Waals surface area contributed by atoms with Crippen molar-refractivity contribution < 1.29 is 19.0 Å². The number of carbonyl (C=O) groups excluding carboxylic acids is 1. The van der Waals surface area contributed by atoms with Crippen molar-refractivity contribution in [1.29, 1.82) is 0 Å². The van der Waals surface area contributed by atoms with Gasteiger partial charge in [-0.2, -0.15) is 0 Å². The highest BCUT2D eigenvalue weighted by Gasteiger charge is 2.44. The molecule has 0 aromatic heterocycles. The largest absolute Gasteiger partial charge is 0.497 e. The van der Waals surface area contributed by atoms with Gasteiger partial charge in [-0.3, -0.25) is 4.79 Å². The molecule has 22 heavy (non-hydrogen) atoms. The maximum absolute atomic E-state index is 12.9. The summed E-state index contributed by atoms with van der Waals surface area (Å²) in [6.45, 7) is 1.10. The third-order valence-electron chi connectivity index (χ3n) is 4.50. The van der Waals surface area contributed by atoms with Crippen LogP contribution in [0, 0.1) is 0 Å². The fourth-order valence-corrected chi connectivity index (χ4v) is 3.57. The van der Waals surface area contributed by atoms with Crippen molar-refractivity contribution in [3.05, 3.63) is 28.8 Å². The molecule has 0 radical (unpaired) electrons. The number of methoxy groups -OCH3 is 2. The molecule has 1 amide bonds. The van der Waals surface area contributed by atoms with Gasteiger partial charge in [0.1, 0.15) is 11.9 Å². The Balaban J connectivity index is 1.85. The molecule has 1 aliphatic carbocycles. The summed E-state index contributed by atoms with van der Waals surface area (Å²) in [5.74, 6) is 0.553. The minimum Gasteiger partial charge on any atom is -0.497 e. The summed E-state index contributed by atoms with van der Waals surface area (Å²) in [5.41, 5.74) is 0.475. The number of fused-ring (bicyclic) bond motifs is 1. The second-order valence-corrected chi connectivity index (χ2v) is 6.01. The van der Waals surface area contributed by atoms with E-state index in [0.29, 0.717) is 29.5 Å². The van der Waals surface area contributed by atoms with E-state index in [9.17, 15) is 4.79 Å². The van der Waals surface area contributed by atoms with Gasteiger partial charge < -0.3 is 19.1 Å². The van der Waals surface area contributed by atoms with Crippen LogP contribution in [0.2, 0.25) is 5.02 Å². The van der Waals surface area contributed by atoms with Gasteiger partial charge in [0.2, 0.25) is 0 Å². The third kappa shape index (κ3) is 2.69. The van der Waals surface area contributed by atoms with Gasteiger partial charge >= 0.3 is 0 Å². The van der Waals surface area contributed by atoms with Crippen molar-refractivity contribution in [3.8, 4) is 5.75 Å². The van der Waals surface area contributed by atoms with Gasteiger partial charge in [-0.25, -0.2) is 0 Å². The standard InChI is InChI=1S/C16H20ClNO4/c1-20-10-3-4-12(17)11(9-10)16(19)18-7-8-22-15-13(18)5-6-14(15)21-2/h3-4,9,13-15H,5-8H2,1-2H3/t13-,14+,15+/m0/s1. The summed E-state index contributed by atoms with van der Waals surface area (Å²) in [6, 6.07) is 5.18. The zero-order valence-electron chi connectivity index (χ0n) is 12.8. The molecular formula is C16H20ClNO4. The Hall–Kier alpha value is -1.30. The topological polar surface area (TPSA) is 48.0 Å². The molecule has 1 aliphatic heterocycles. The molecule has 2 aliphatic rings. The highest BCUT2D eigenvalue weighted by molar-refractivity contribution is 6.33. The van der Waals surface area contributed by atoms with Crippen LogP contribution in [-0.2, 0) is 9.47 Å². The first kappa shape index (κ1) is 15.6. The Morgan fingerprint density at radius 1 is 1.36 bits per heavy atom. The molecule has 5 nitrogen and oxygen atoms in total. The van der Waals surface area contributed by atoms with Crippen molar-refractivity contribution in [2.75, 3.05) is 27.4 Å². The summed E-state index contributed by atoms with van der Waals surface area (Å²) >= 11 is 6.21. The zero-order valence-corrected chi connectivity index (χ0v) is 13.5. The van der Waals surface area contributed by atoms with E-state index in [1.807, 2.05) is 4.90 Å². The summed E-state index contributed by atoms with van der Waals surface area (Å²) < 4.78 is 16.5. The molecule has 6 heteroatoms. The second-order valence-electron chi connectivity index (χ2n) is 5.60. The SMILES string of the molecule is COc1ccc(Cl)c(C(=O)N2CCO[C@H]3[C@H](OC)CC[C@@H]32)c1. The number of rotatable bonds is 3. The number of ether oxygens (including phenoxy) is 3. The summed E-state index contributed by atoms with van der Waals surface area (Å²) in [5, 5.41) is 0.440. The van der Waals surface area contributed by atoms with Crippen molar-refractivity contribution in [1.82, 2.24) is 4.90 Å². The molecule has 3 atom stereocenters.